The molecule has 0 saturated carbocycles. The molecule has 5 heteroatoms. The molecule has 0 radical (unpaired) electrons. The highest BCUT2D eigenvalue weighted by Crippen LogP contribution is 2.27. The average Bonchev–Trinajstić information content (AvgIpc) is 2.40. The van der Waals surface area contributed by atoms with Crippen molar-refractivity contribution < 1.29 is 14.3 Å². The van der Waals surface area contributed by atoms with Crippen LogP contribution in [-0.2, 0) is 4.79 Å². The fourth-order valence-electron chi connectivity index (χ4n) is 1.50. The molecule has 2 aromatic carbocycles. The van der Waals surface area contributed by atoms with E-state index in [1.54, 1.807) is 30.3 Å². The summed E-state index contributed by atoms with van der Waals surface area (Å²) in [5.41, 5.74) is 1.10. The van der Waals surface area contributed by atoms with Crippen LogP contribution in [0.1, 0.15) is 5.56 Å². The van der Waals surface area contributed by atoms with E-state index in [1.165, 1.54) is 0 Å². The van der Waals surface area contributed by atoms with Crippen molar-refractivity contribution in [3.63, 3.8) is 0 Å². The van der Waals surface area contributed by atoms with Crippen molar-refractivity contribution in [2.45, 2.75) is 6.92 Å². The van der Waals surface area contributed by atoms with Gasteiger partial charge in [0.05, 0.1) is 4.47 Å². The van der Waals surface area contributed by atoms with E-state index in [-0.39, 0.29) is 6.61 Å². The van der Waals surface area contributed by atoms with E-state index >= 15 is 0 Å². The third-order valence-electron chi connectivity index (χ3n) is 2.49. The van der Waals surface area contributed by atoms with Crippen molar-refractivity contribution in [1.82, 2.24) is 0 Å². The molecule has 0 N–H and O–H groups in total. The minimum Gasteiger partial charge on any atom is -0.481 e. The third kappa shape index (κ3) is 4.25. The Hall–Kier alpha value is -1.52. The first-order valence-corrected chi connectivity index (χ1v) is 7.07. The maximum Gasteiger partial charge on any atom is 0.349 e. The number of carbonyl (C=O) groups excluding carboxylic acids is 1. The van der Waals surface area contributed by atoms with Crippen molar-refractivity contribution in [3.05, 3.63) is 57.5 Å². The second kappa shape index (κ2) is 6.77. The average molecular weight is 356 g/mol. The predicted octanol–water partition coefficient (Wildman–Crippen LogP) is 4.40. The van der Waals surface area contributed by atoms with Crippen LogP contribution in [0.25, 0.3) is 0 Å². The number of aryl methyl sites for hydroxylation is 1. The van der Waals surface area contributed by atoms with Gasteiger partial charge in [-0.05, 0) is 53.2 Å². The molecule has 0 aromatic heterocycles. The van der Waals surface area contributed by atoms with Crippen molar-refractivity contribution in [1.29, 1.82) is 0 Å². The molecule has 0 aliphatic heterocycles. The molecule has 0 saturated heterocycles. The van der Waals surface area contributed by atoms with Crippen LogP contribution >= 0.6 is 27.5 Å². The monoisotopic (exact) mass is 354 g/mol. The summed E-state index contributed by atoms with van der Waals surface area (Å²) in [6, 6.07) is 12.3. The number of esters is 1. The molecule has 0 aliphatic rings. The van der Waals surface area contributed by atoms with E-state index in [1.807, 2.05) is 19.1 Å². The Bertz CT molecular complexity index is 611. The number of hydrogen-bond donors (Lipinski definition) is 0. The molecule has 2 aromatic rings. The third-order valence-corrected chi connectivity index (χ3v) is 3.35. The summed E-state index contributed by atoms with van der Waals surface area (Å²) in [6.45, 7) is 1.79. The van der Waals surface area contributed by atoms with Gasteiger partial charge in [0.1, 0.15) is 11.5 Å². The molecule has 20 heavy (non-hydrogen) atoms. The number of benzene rings is 2. The van der Waals surface area contributed by atoms with Crippen molar-refractivity contribution >= 4 is 33.5 Å². The first kappa shape index (κ1) is 14.9. The number of ether oxygens (including phenoxy) is 2. The van der Waals surface area contributed by atoms with Gasteiger partial charge in [-0.2, -0.15) is 0 Å². The lowest BCUT2D eigenvalue weighted by atomic mass is 10.2. The quantitative estimate of drug-likeness (QED) is 0.602. The maximum absolute atomic E-state index is 11.7. The Morgan fingerprint density at radius 1 is 1.20 bits per heavy atom. The summed E-state index contributed by atoms with van der Waals surface area (Å²) in [6.07, 6.45) is 0. The molecule has 0 unspecified atom stereocenters. The summed E-state index contributed by atoms with van der Waals surface area (Å²) in [4.78, 5) is 11.7. The highest BCUT2D eigenvalue weighted by molar-refractivity contribution is 9.10. The molecule has 2 rings (SSSR count). The van der Waals surface area contributed by atoms with Crippen LogP contribution in [0.4, 0.5) is 0 Å². The van der Waals surface area contributed by atoms with E-state index in [4.69, 9.17) is 21.1 Å². The van der Waals surface area contributed by atoms with Crippen LogP contribution in [-0.4, -0.2) is 12.6 Å². The smallest absolute Gasteiger partial charge is 0.349 e. The predicted molar refractivity (Wildman–Crippen MR) is 81.5 cm³/mol. The second-order valence-corrected chi connectivity index (χ2v) is 5.44. The number of rotatable bonds is 4. The second-order valence-electron chi connectivity index (χ2n) is 4.15. The minimum atomic E-state index is -0.462. The van der Waals surface area contributed by atoms with E-state index in [0.29, 0.717) is 21.0 Å². The molecule has 0 spiro atoms. The first-order valence-electron chi connectivity index (χ1n) is 5.90. The van der Waals surface area contributed by atoms with Crippen LogP contribution in [0, 0.1) is 6.92 Å². The normalized spacial score (nSPS) is 10.2. The lowest BCUT2D eigenvalue weighted by Gasteiger charge is -2.08. The fraction of sp³-hybridized carbons (Fsp3) is 0.133. The summed E-state index contributed by atoms with van der Waals surface area (Å²) in [5.74, 6) is 0.574. The van der Waals surface area contributed by atoms with Crippen LogP contribution in [0.2, 0.25) is 5.02 Å². The van der Waals surface area contributed by atoms with Gasteiger partial charge in [0.15, 0.2) is 6.61 Å². The lowest BCUT2D eigenvalue weighted by Crippen LogP contribution is -2.17. The highest BCUT2D eigenvalue weighted by Gasteiger charge is 2.08. The van der Waals surface area contributed by atoms with Crippen LogP contribution in [0.5, 0.6) is 11.5 Å². The Balaban J connectivity index is 1.90. The molecule has 0 heterocycles. The fourth-order valence-corrected chi connectivity index (χ4v) is 2.29. The zero-order valence-electron chi connectivity index (χ0n) is 10.7. The van der Waals surface area contributed by atoms with Gasteiger partial charge < -0.3 is 9.47 Å². The van der Waals surface area contributed by atoms with Gasteiger partial charge in [0.2, 0.25) is 0 Å². The van der Waals surface area contributed by atoms with Crippen LogP contribution in [0.15, 0.2) is 46.9 Å². The highest BCUT2D eigenvalue weighted by atomic mass is 79.9. The van der Waals surface area contributed by atoms with E-state index < -0.39 is 5.97 Å². The Kier molecular flexibility index (Phi) is 5.04. The zero-order valence-corrected chi connectivity index (χ0v) is 13.1. The number of carbonyl (C=O) groups is 1. The Morgan fingerprint density at radius 3 is 2.55 bits per heavy atom. The topological polar surface area (TPSA) is 35.5 Å². The van der Waals surface area contributed by atoms with Gasteiger partial charge >= 0.3 is 5.97 Å². The maximum atomic E-state index is 11.7. The summed E-state index contributed by atoms with van der Waals surface area (Å²) < 4.78 is 11.2. The molecule has 0 fully saturated rings. The van der Waals surface area contributed by atoms with Gasteiger partial charge in [-0.25, -0.2) is 4.79 Å². The largest absolute Gasteiger partial charge is 0.481 e. The van der Waals surface area contributed by atoms with Crippen LogP contribution in [0.3, 0.4) is 0 Å². The van der Waals surface area contributed by atoms with Crippen molar-refractivity contribution in [2.75, 3.05) is 6.61 Å². The summed E-state index contributed by atoms with van der Waals surface area (Å²) in [7, 11) is 0. The van der Waals surface area contributed by atoms with Gasteiger partial charge in [0.25, 0.3) is 0 Å². The molecular weight excluding hydrogens is 344 g/mol. The van der Waals surface area contributed by atoms with Crippen molar-refractivity contribution in [3.8, 4) is 11.5 Å². The van der Waals surface area contributed by atoms with Gasteiger partial charge in [-0.1, -0.05) is 29.3 Å². The molecule has 0 bridgehead atoms. The molecule has 0 amide bonds. The minimum absolute atomic E-state index is 0.173. The molecule has 0 atom stereocenters. The lowest BCUT2D eigenvalue weighted by molar-refractivity contribution is -0.136. The first-order chi connectivity index (χ1) is 9.54. The number of hydrogen-bond acceptors (Lipinski definition) is 3. The molecule has 0 aliphatic carbocycles. The number of halogens is 2. The Morgan fingerprint density at radius 2 is 1.90 bits per heavy atom. The van der Waals surface area contributed by atoms with Gasteiger partial charge in [-0.3, -0.25) is 0 Å². The Labute approximate surface area is 130 Å². The van der Waals surface area contributed by atoms with Crippen LogP contribution < -0.4 is 9.47 Å². The summed E-state index contributed by atoms with van der Waals surface area (Å²) >= 11 is 9.13. The van der Waals surface area contributed by atoms with Gasteiger partial charge in [0, 0.05) is 5.02 Å². The SMILES string of the molecule is Cc1ccc(OC(=O)COc2ccc(Cl)cc2Br)cc1. The molecular formula is C15H12BrClO3. The standard InChI is InChI=1S/C15H12BrClO3/c1-10-2-5-12(6-3-10)20-15(18)9-19-14-7-4-11(17)8-13(14)16/h2-8H,9H2,1H3. The van der Waals surface area contributed by atoms with Crippen molar-refractivity contribution in [2.24, 2.45) is 0 Å². The van der Waals surface area contributed by atoms with E-state index in [9.17, 15) is 4.79 Å². The zero-order chi connectivity index (χ0) is 14.5. The summed E-state index contributed by atoms with van der Waals surface area (Å²) in [5, 5.41) is 0.589. The molecule has 3 nitrogen and oxygen atoms in total. The molecule has 104 valence electrons. The van der Waals surface area contributed by atoms with E-state index in [0.717, 1.165) is 5.56 Å². The van der Waals surface area contributed by atoms with Gasteiger partial charge in [-0.15, -0.1) is 0 Å². The van der Waals surface area contributed by atoms with E-state index in [2.05, 4.69) is 15.9 Å².